The third kappa shape index (κ3) is 7.96. The molecule has 2 aromatic carbocycles. The highest BCUT2D eigenvalue weighted by molar-refractivity contribution is 7.92. The molecule has 0 aromatic heterocycles. The van der Waals surface area contributed by atoms with Crippen LogP contribution in [0.3, 0.4) is 0 Å². The van der Waals surface area contributed by atoms with Gasteiger partial charge in [0.15, 0.2) is 5.78 Å². The number of benzene rings is 2. The van der Waals surface area contributed by atoms with E-state index < -0.39 is 10.0 Å². The summed E-state index contributed by atoms with van der Waals surface area (Å²) in [6, 6.07) is 16.2. The molecular formula is C22H28N2O5S. The Morgan fingerprint density at radius 1 is 1.07 bits per heavy atom. The number of hydrogen-bond donors (Lipinski definition) is 1. The number of carbonyl (C=O) groups is 2. The second-order valence-electron chi connectivity index (χ2n) is 6.93. The Morgan fingerprint density at radius 3 is 2.47 bits per heavy atom. The van der Waals surface area contributed by atoms with Crippen molar-refractivity contribution in [3.8, 4) is 0 Å². The first kappa shape index (κ1) is 23.6. The van der Waals surface area contributed by atoms with Crippen molar-refractivity contribution < 1.29 is 22.7 Å². The van der Waals surface area contributed by atoms with Gasteiger partial charge in [0, 0.05) is 25.1 Å². The highest BCUT2D eigenvalue weighted by Gasteiger charge is 2.18. The van der Waals surface area contributed by atoms with E-state index in [1.165, 1.54) is 11.2 Å². The molecule has 0 fully saturated rings. The van der Waals surface area contributed by atoms with Gasteiger partial charge in [0.05, 0.1) is 25.2 Å². The second-order valence-corrected chi connectivity index (χ2v) is 8.84. The minimum Gasteiger partial charge on any atom is -0.375 e. The topological polar surface area (TPSA) is 92.8 Å². The zero-order chi connectivity index (χ0) is 22.0. The lowest BCUT2D eigenvalue weighted by Crippen LogP contribution is -2.32. The fourth-order valence-electron chi connectivity index (χ4n) is 2.86. The Bertz CT molecular complexity index is 945. The van der Waals surface area contributed by atoms with Gasteiger partial charge in [0.1, 0.15) is 0 Å². The van der Waals surface area contributed by atoms with Gasteiger partial charge in [-0.25, -0.2) is 8.42 Å². The van der Waals surface area contributed by atoms with E-state index in [-0.39, 0.29) is 24.7 Å². The summed E-state index contributed by atoms with van der Waals surface area (Å²) in [5, 5.41) is 2.77. The van der Waals surface area contributed by atoms with Gasteiger partial charge in [-0.2, -0.15) is 0 Å². The molecule has 1 amide bonds. The molecule has 0 saturated heterocycles. The average molecular weight is 433 g/mol. The summed E-state index contributed by atoms with van der Waals surface area (Å²) in [5.74, 6) is -0.302. The summed E-state index contributed by atoms with van der Waals surface area (Å²) in [5.41, 5.74) is 1.92. The Hall–Kier alpha value is -2.71. The van der Waals surface area contributed by atoms with E-state index in [1.807, 2.05) is 30.3 Å². The molecule has 2 rings (SSSR count). The van der Waals surface area contributed by atoms with Gasteiger partial charge in [-0.05, 0) is 31.0 Å². The standard InChI is InChI=1S/C22H28N2O5S/c1-18(25)20-10-6-11-21(16-20)24(30(2,27)28)14-7-12-22(26)23-13-15-29-17-19-8-4-3-5-9-19/h3-6,8-11,16H,7,12-15,17H2,1-2H3,(H,23,26). The maximum atomic E-state index is 12.2. The summed E-state index contributed by atoms with van der Waals surface area (Å²) < 4.78 is 31.1. The van der Waals surface area contributed by atoms with Gasteiger partial charge in [-0.15, -0.1) is 0 Å². The molecule has 0 radical (unpaired) electrons. The zero-order valence-corrected chi connectivity index (χ0v) is 18.2. The molecule has 0 bridgehead atoms. The Labute approximate surface area is 178 Å². The van der Waals surface area contributed by atoms with E-state index in [4.69, 9.17) is 4.74 Å². The monoisotopic (exact) mass is 432 g/mol. The summed E-state index contributed by atoms with van der Waals surface area (Å²) in [4.78, 5) is 23.6. The van der Waals surface area contributed by atoms with Crippen LogP contribution in [0.4, 0.5) is 5.69 Å². The summed E-state index contributed by atoms with van der Waals surface area (Å²) in [6.45, 7) is 2.85. The van der Waals surface area contributed by atoms with Crippen LogP contribution in [0.25, 0.3) is 0 Å². The molecule has 8 heteroatoms. The fraction of sp³-hybridized carbons (Fsp3) is 0.364. The number of anilines is 1. The van der Waals surface area contributed by atoms with Gasteiger partial charge in [0.25, 0.3) is 0 Å². The maximum absolute atomic E-state index is 12.2. The molecule has 0 aliphatic rings. The molecule has 7 nitrogen and oxygen atoms in total. The molecule has 30 heavy (non-hydrogen) atoms. The van der Waals surface area contributed by atoms with Crippen LogP contribution in [0.1, 0.15) is 35.7 Å². The van der Waals surface area contributed by atoms with E-state index in [9.17, 15) is 18.0 Å². The Kier molecular flexibility index (Phi) is 9.01. The number of carbonyl (C=O) groups excluding carboxylic acids is 2. The van der Waals surface area contributed by atoms with E-state index in [1.54, 1.807) is 24.3 Å². The smallest absolute Gasteiger partial charge is 0.232 e. The molecule has 162 valence electrons. The minimum absolute atomic E-state index is 0.140. The first-order chi connectivity index (χ1) is 14.3. The lowest BCUT2D eigenvalue weighted by Gasteiger charge is -2.22. The van der Waals surface area contributed by atoms with Crippen molar-refractivity contribution in [1.29, 1.82) is 0 Å². The van der Waals surface area contributed by atoms with Crippen LogP contribution in [0, 0.1) is 0 Å². The predicted octanol–water partition coefficient (Wildman–Crippen LogP) is 2.77. The normalized spacial score (nSPS) is 11.1. The van der Waals surface area contributed by atoms with Crippen LogP contribution in [0.15, 0.2) is 54.6 Å². The van der Waals surface area contributed by atoms with Crippen molar-refractivity contribution in [2.24, 2.45) is 0 Å². The second kappa shape index (κ2) is 11.5. The SMILES string of the molecule is CC(=O)c1cccc(N(CCCC(=O)NCCOCc2ccccc2)S(C)(=O)=O)c1. The molecule has 0 heterocycles. The number of amides is 1. The number of ether oxygens (including phenoxy) is 1. The largest absolute Gasteiger partial charge is 0.375 e. The maximum Gasteiger partial charge on any atom is 0.232 e. The van der Waals surface area contributed by atoms with E-state index in [0.29, 0.717) is 37.4 Å². The van der Waals surface area contributed by atoms with Crippen molar-refractivity contribution in [3.63, 3.8) is 0 Å². The van der Waals surface area contributed by atoms with Crippen LogP contribution in [-0.4, -0.2) is 46.1 Å². The van der Waals surface area contributed by atoms with E-state index in [0.717, 1.165) is 11.8 Å². The number of nitrogens with one attached hydrogen (secondary N) is 1. The quantitative estimate of drug-likeness (QED) is 0.411. The molecular weight excluding hydrogens is 404 g/mol. The van der Waals surface area contributed by atoms with Crippen LogP contribution in [-0.2, 0) is 26.2 Å². The Morgan fingerprint density at radius 2 is 1.80 bits per heavy atom. The molecule has 0 saturated carbocycles. The van der Waals surface area contributed by atoms with Crippen molar-refractivity contribution in [1.82, 2.24) is 5.32 Å². The molecule has 0 aliphatic heterocycles. The first-order valence-corrected chi connectivity index (χ1v) is 11.6. The molecule has 0 spiro atoms. The summed E-state index contributed by atoms with van der Waals surface area (Å²) in [6.07, 6.45) is 1.66. The number of sulfonamides is 1. The third-order valence-electron chi connectivity index (χ3n) is 4.39. The third-order valence-corrected chi connectivity index (χ3v) is 5.58. The van der Waals surface area contributed by atoms with Crippen molar-refractivity contribution in [2.75, 3.05) is 30.3 Å². The summed E-state index contributed by atoms with van der Waals surface area (Å²) >= 11 is 0. The highest BCUT2D eigenvalue weighted by atomic mass is 32.2. The van der Waals surface area contributed by atoms with Gasteiger partial charge in [-0.3, -0.25) is 13.9 Å². The highest BCUT2D eigenvalue weighted by Crippen LogP contribution is 2.20. The number of hydrogen-bond acceptors (Lipinski definition) is 5. The number of Topliss-reactive ketones (excluding diaryl/α,β-unsaturated/α-hetero) is 1. The van der Waals surface area contributed by atoms with Gasteiger partial charge in [-0.1, -0.05) is 42.5 Å². The summed E-state index contributed by atoms with van der Waals surface area (Å²) in [7, 11) is -3.54. The minimum atomic E-state index is -3.54. The van der Waals surface area contributed by atoms with Gasteiger partial charge in [0.2, 0.25) is 15.9 Å². The van der Waals surface area contributed by atoms with Crippen LogP contribution < -0.4 is 9.62 Å². The molecule has 0 aliphatic carbocycles. The van der Waals surface area contributed by atoms with Crippen LogP contribution in [0.2, 0.25) is 0 Å². The lowest BCUT2D eigenvalue weighted by atomic mass is 10.1. The number of ketones is 1. The zero-order valence-electron chi connectivity index (χ0n) is 17.3. The van der Waals surface area contributed by atoms with Gasteiger partial charge < -0.3 is 10.1 Å². The fourth-order valence-corrected chi connectivity index (χ4v) is 3.82. The van der Waals surface area contributed by atoms with E-state index >= 15 is 0 Å². The van der Waals surface area contributed by atoms with E-state index in [2.05, 4.69) is 5.32 Å². The number of rotatable bonds is 12. The first-order valence-electron chi connectivity index (χ1n) is 9.74. The molecule has 0 unspecified atom stereocenters. The van der Waals surface area contributed by atoms with Gasteiger partial charge >= 0.3 is 0 Å². The van der Waals surface area contributed by atoms with Crippen LogP contribution >= 0.6 is 0 Å². The molecule has 0 atom stereocenters. The van der Waals surface area contributed by atoms with Crippen molar-refractivity contribution in [3.05, 3.63) is 65.7 Å². The number of nitrogens with zero attached hydrogens (tertiary/aromatic N) is 1. The predicted molar refractivity (Wildman–Crippen MR) is 117 cm³/mol. The van der Waals surface area contributed by atoms with Crippen molar-refractivity contribution in [2.45, 2.75) is 26.4 Å². The lowest BCUT2D eigenvalue weighted by molar-refractivity contribution is -0.121. The average Bonchev–Trinajstić information content (AvgIpc) is 2.71. The molecule has 1 N–H and O–H groups in total. The van der Waals surface area contributed by atoms with Crippen molar-refractivity contribution >= 4 is 27.4 Å². The Balaban J connectivity index is 1.76. The van der Waals surface area contributed by atoms with Crippen LogP contribution in [0.5, 0.6) is 0 Å². The molecule has 2 aromatic rings.